The zero-order valence-corrected chi connectivity index (χ0v) is 15.8. The third-order valence-corrected chi connectivity index (χ3v) is 4.44. The highest BCUT2D eigenvalue weighted by atomic mass is 16.6. The number of carbonyl (C=O) groups is 1. The number of nitro benzene ring substituents is 1. The van der Waals surface area contributed by atoms with Gasteiger partial charge in [-0.1, -0.05) is 18.2 Å². The van der Waals surface area contributed by atoms with Crippen molar-refractivity contribution in [2.24, 2.45) is 0 Å². The lowest BCUT2D eigenvalue weighted by Crippen LogP contribution is -3.12. The van der Waals surface area contributed by atoms with E-state index in [1.165, 1.54) is 12.1 Å². The number of anilines is 1. The molecule has 1 unspecified atom stereocenters. The van der Waals surface area contributed by atoms with Gasteiger partial charge in [-0.15, -0.1) is 0 Å². The van der Waals surface area contributed by atoms with Gasteiger partial charge in [-0.25, -0.2) is 0 Å². The number of nitrogens with one attached hydrogen (secondary N) is 2. The number of likely N-dealkylation sites (N-methyl/N-ethyl adjacent to an activating group) is 1. The summed E-state index contributed by atoms with van der Waals surface area (Å²) in [7, 11) is 5.02. The van der Waals surface area contributed by atoms with E-state index < -0.39 is 11.0 Å². The molecule has 8 heteroatoms. The van der Waals surface area contributed by atoms with Crippen LogP contribution in [-0.4, -0.2) is 38.1 Å². The highest BCUT2D eigenvalue weighted by Crippen LogP contribution is 2.30. The Morgan fingerprint density at radius 1 is 1.19 bits per heavy atom. The van der Waals surface area contributed by atoms with E-state index in [1.807, 2.05) is 25.2 Å². The van der Waals surface area contributed by atoms with Crippen LogP contribution in [-0.2, 0) is 11.3 Å². The molecule has 2 aromatic rings. The minimum absolute atomic E-state index is 0.134. The molecule has 0 saturated heterocycles. The molecule has 0 aliphatic rings. The molecule has 0 bridgehead atoms. The number of hydrogen-bond donors (Lipinski definition) is 2. The first-order valence-electron chi connectivity index (χ1n) is 8.45. The second-order valence-electron chi connectivity index (χ2n) is 6.16. The van der Waals surface area contributed by atoms with E-state index in [0.29, 0.717) is 18.0 Å². The molecule has 0 aliphatic carbocycles. The molecule has 1 amide bonds. The van der Waals surface area contributed by atoms with Gasteiger partial charge in [-0.05, 0) is 25.1 Å². The predicted octanol–water partition coefficient (Wildman–Crippen LogP) is 1.65. The first-order chi connectivity index (χ1) is 12.9. The number of para-hydroxylation sites is 3. The van der Waals surface area contributed by atoms with Crippen LogP contribution in [0.25, 0.3) is 0 Å². The van der Waals surface area contributed by atoms with Gasteiger partial charge in [0, 0.05) is 6.07 Å². The van der Waals surface area contributed by atoms with E-state index in [1.54, 1.807) is 33.3 Å². The van der Waals surface area contributed by atoms with Crippen molar-refractivity contribution in [3.63, 3.8) is 0 Å². The molecule has 0 fully saturated rings. The summed E-state index contributed by atoms with van der Waals surface area (Å²) < 4.78 is 10.7. The summed E-state index contributed by atoms with van der Waals surface area (Å²) in [6, 6.07) is 11.2. The zero-order valence-electron chi connectivity index (χ0n) is 15.8. The van der Waals surface area contributed by atoms with Gasteiger partial charge in [0.15, 0.2) is 17.5 Å². The minimum Gasteiger partial charge on any atom is -0.493 e. The SMILES string of the molecule is COc1cccc(C[NH+](C)[C@H](C)C(=O)Nc2ccccc2[N+](=O)[O-])c1OC. The predicted molar refractivity (Wildman–Crippen MR) is 101 cm³/mol. The van der Waals surface area contributed by atoms with Crippen molar-refractivity contribution in [1.82, 2.24) is 0 Å². The van der Waals surface area contributed by atoms with Crippen molar-refractivity contribution in [2.45, 2.75) is 19.5 Å². The van der Waals surface area contributed by atoms with Crippen LogP contribution in [0, 0.1) is 10.1 Å². The standard InChI is InChI=1S/C19H23N3O5/c1-13(19(23)20-15-9-5-6-10-16(15)22(24)25)21(2)12-14-8-7-11-17(26-3)18(14)27-4/h5-11,13H,12H2,1-4H3,(H,20,23)/p+1/t13-/m1/s1. The number of quaternary nitrogens is 1. The Kier molecular flexibility index (Phi) is 6.73. The molecule has 0 aliphatic heterocycles. The van der Waals surface area contributed by atoms with Crippen LogP contribution in [0.1, 0.15) is 12.5 Å². The monoisotopic (exact) mass is 374 g/mol. The summed E-state index contributed by atoms with van der Waals surface area (Å²) in [5.74, 6) is 0.953. The van der Waals surface area contributed by atoms with E-state index >= 15 is 0 Å². The molecule has 2 aromatic carbocycles. The van der Waals surface area contributed by atoms with Crippen molar-refractivity contribution in [2.75, 3.05) is 26.6 Å². The van der Waals surface area contributed by atoms with Crippen LogP contribution in [0.4, 0.5) is 11.4 Å². The van der Waals surface area contributed by atoms with E-state index in [9.17, 15) is 14.9 Å². The summed E-state index contributed by atoms with van der Waals surface area (Å²) >= 11 is 0. The molecule has 0 heterocycles. The van der Waals surface area contributed by atoms with Crippen LogP contribution in [0.3, 0.4) is 0 Å². The van der Waals surface area contributed by atoms with Gasteiger partial charge in [0.05, 0.1) is 31.8 Å². The number of ether oxygens (including phenoxy) is 2. The largest absolute Gasteiger partial charge is 0.493 e. The molecule has 2 rings (SSSR count). The molecule has 0 saturated carbocycles. The molecule has 0 radical (unpaired) electrons. The van der Waals surface area contributed by atoms with Crippen molar-refractivity contribution in [3.8, 4) is 11.5 Å². The summed E-state index contributed by atoms with van der Waals surface area (Å²) in [5, 5.41) is 13.8. The Bertz CT molecular complexity index is 825. The fourth-order valence-electron chi connectivity index (χ4n) is 2.75. The summed E-state index contributed by atoms with van der Waals surface area (Å²) in [6.45, 7) is 2.29. The number of rotatable bonds is 8. The van der Waals surface area contributed by atoms with Crippen LogP contribution >= 0.6 is 0 Å². The Morgan fingerprint density at radius 2 is 1.89 bits per heavy atom. The van der Waals surface area contributed by atoms with Gasteiger partial charge < -0.3 is 19.7 Å². The van der Waals surface area contributed by atoms with Crippen molar-refractivity contribution < 1.29 is 24.1 Å². The van der Waals surface area contributed by atoms with Gasteiger partial charge in [0.25, 0.3) is 11.6 Å². The molecule has 144 valence electrons. The average molecular weight is 374 g/mol. The van der Waals surface area contributed by atoms with Crippen molar-refractivity contribution in [3.05, 3.63) is 58.1 Å². The quantitative estimate of drug-likeness (QED) is 0.541. The third-order valence-electron chi connectivity index (χ3n) is 4.44. The second kappa shape index (κ2) is 9.00. The Hall–Kier alpha value is -3.13. The van der Waals surface area contributed by atoms with Gasteiger partial charge in [0.2, 0.25) is 0 Å². The maximum Gasteiger partial charge on any atom is 0.292 e. The third kappa shape index (κ3) is 4.73. The highest BCUT2D eigenvalue weighted by Gasteiger charge is 2.25. The van der Waals surface area contributed by atoms with Gasteiger partial charge in [0.1, 0.15) is 12.2 Å². The number of benzene rings is 2. The molecule has 2 atom stereocenters. The van der Waals surface area contributed by atoms with Crippen LogP contribution in [0.15, 0.2) is 42.5 Å². The topological polar surface area (TPSA) is 95.1 Å². The molecule has 0 spiro atoms. The van der Waals surface area contributed by atoms with Crippen LogP contribution in [0.2, 0.25) is 0 Å². The Balaban J connectivity index is 2.13. The van der Waals surface area contributed by atoms with Gasteiger partial charge in [-0.3, -0.25) is 14.9 Å². The van der Waals surface area contributed by atoms with E-state index in [2.05, 4.69) is 5.32 Å². The number of methoxy groups -OCH3 is 2. The normalized spacial score (nSPS) is 12.7. The molecule has 8 nitrogen and oxygen atoms in total. The molecular formula is C19H24N3O5+. The van der Waals surface area contributed by atoms with Crippen LogP contribution < -0.4 is 19.7 Å². The summed E-state index contributed by atoms with van der Waals surface area (Å²) in [5.41, 5.74) is 0.955. The smallest absolute Gasteiger partial charge is 0.292 e. The lowest BCUT2D eigenvalue weighted by Gasteiger charge is -2.22. The molecular weight excluding hydrogens is 350 g/mol. The second-order valence-corrected chi connectivity index (χ2v) is 6.16. The lowest BCUT2D eigenvalue weighted by molar-refractivity contribution is -0.907. The minimum atomic E-state index is -0.516. The van der Waals surface area contributed by atoms with Crippen LogP contribution in [0.5, 0.6) is 11.5 Å². The van der Waals surface area contributed by atoms with Crippen molar-refractivity contribution in [1.29, 1.82) is 0 Å². The zero-order chi connectivity index (χ0) is 20.0. The van der Waals surface area contributed by atoms with Gasteiger partial charge in [-0.2, -0.15) is 0 Å². The fourth-order valence-corrected chi connectivity index (χ4v) is 2.75. The Labute approximate surface area is 157 Å². The van der Waals surface area contributed by atoms with Crippen molar-refractivity contribution >= 4 is 17.3 Å². The maximum absolute atomic E-state index is 12.6. The average Bonchev–Trinajstić information content (AvgIpc) is 2.67. The summed E-state index contributed by atoms with van der Waals surface area (Å²) in [4.78, 5) is 24.1. The molecule has 27 heavy (non-hydrogen) atoms. The lowest BCUT2D eigenvalue weighted by atomic mass is 10.1. The number of amides is 1. The summed E-state index contributed by atoms with van der Waals surface area (Å²) in [6.07, 6.45) is 0. The Morgan fingerprint density at radius 3 is 2.52 bits per heavy atom. The van der Waals surface area contributed by atoms with E-state index in [-0.39, 0.29) is 17.3 Å². The maximum atomic E-state index is 12.6. The van der Waals surface area contributed by atoms with E-state index in [4.69, 9.17) is 9.47 Å². The fraction of sp³-hybridized carbons (Fsp3) is 0.316. The molecule has 2 N–H and O–H groups in total. The first kappa shape index (κ1) is 20.2. The first-order valence-corrected chi connectivity index (χ1v) is 8.45. The number of carbonyl (C=O) groups excluding carboxylic acids is 1. The van der Waals surface area contributed by atoms with E-state index in [0.717, 1.165) is 10.5 Å². The number of nitro groups is 1. The highest BCUT2D eigenvalue weighted by molar-refractivity contribution is 5.95. The number of hydrogen-bond acceptors (Lipinski definition) is 5. The van der Waals surface area contributed by atoms with Gasteiger partial charge >= 0.3 is 0 Å². The molecule has 0 aromatic heterocycles. The number of nitrogens with zero attached hydrogens (tertiary/aromatic N) is 1.